The maximum Gasteiger partial charge on any atom is 0.338 e. The molecule has 0 fully saturated rings. The van der Waals surface area contributed by atoms with E-state index in [9.17, 15) is 24.1 Å². The van der Waals surface area contributed by atoms with Crippen LogP contribution in [0.1, 0.15) is 34.1 Å². The molecular formula is C13H11FN4O5. The van der Waals surface area contributed by atoms with Gasteiger partial charge in [0.2, 0.25) is 0 Å². The second-order valence-corrected chi connectivity index (χ2v) is 4.87. The normalized spacial score (nSPS) is 18.9. The molecule has 2 rings (SSSR count). The minimum Gasteiger partial charge on any atom is -0.465 e. The van der Waals surface area contributed by atoms with Crippen molar-refractivity contribution in [1.82, 2.24) is 0 Å². The van der Waals surface area contributed by atoms with Crippen LogP contribution in [0.4, 0.5) is 10.1 Å². The van der Waals surface area contributed by atoms with Gasteiger partial charge in [-0.15, -0.1) is 5.11 Å². The Morgan fingerprint density at radius 2 is 2.13 bits per heavy atom. The molecule has 1 unspecified atom stereocenters. The summed E-state index contributed by atoms with van der Waals surface area (Å²) in [6, 6.07) is 1.29. The van der Waals surface area contributed by atoms with Crippen LogP contribution >= 0.6 is 0 Å². The Balaban J connectivity index is 2.56. The summed E-state index contributed by atoms with van der Waals surface area (Å²) in [6.07, 6.45) is 0.775. The molecule has 0 spiro atoms. The van der Waals surface area contributed by atoms with Crippen molar-refractivity contribution in [3.05, 3.63) is 39.2 Å². The average molecular weight is 322 g/mol. The number of halogens is 1. The number of methoxy groups -OCH3 is 1. The Labute approximate surface area is 129 Å². The molecule has 0 radical (unpaired) electrons. The van der Waals surface area contributed by atoms with Gasteiger partial charge in [0.05, 0.1) is 30.1 Å². The molecule has 0 aromatic heterocycles. The molecule has 1 aromatic rings. The molecule has 120 valence electrons. The van der Waals surface area contributed by atoms with E-state index in [0.29, 0.717) is 12.1 Å². The fourth-order valence-electron chi connectivity index (χ4n) is 2.10. The van der Waals surface area contributed by atoms with Crippen molar-refractivity contribution in [2.24, 2.45) is 15.2 Å². The summed E-state index contributed by atoms with van der Waals surface area (Å²) in [5, 5.41) is 18.4. The summed E-state index contributed by atoms with van der Waals surface area (Å²) >= 11 is 0. The van der Waals surface area contributed by atoms with Gasteiger partial charge in [0.1, 0.15) is 17.7 Å². The fraction of sp³-hybridized carbons (Fsp3) is 0.308. The zero-order valence-electron chi connectivity index (χ0n) is 12.1. The third kappa shape index (κ3) is 3.25. The molecular weight excluding hydrogens is 311 g/mol. The first-order valence-electron chi connectivity index (χ1n) is 6.32. The highest BCUT2D eigenvalue weighted by Crippen LogP contribution is 2.30. The second-order valence-electron chi connectivity index (χ2n) is 4.87. The van der Waals surface area contributed by atoms with Crippen molar-refractivity contribution in [3.63, 3.8) is 0 Å². The number of nitro groups is 1. The molecule has 0 saturated carbocycles. The number of benzene rings is 1. The van der Waals surface area contributed by atoms with Gasteiger partial charge in [0.25, 0.3) is 5.69 Å². The molecule has 23 heavy (non-hydrogen) atoms. The van der Waals surface area contributed by atoms with E-state index in [1.54, 1.807) is 0 Å². The summed E-state index contributed by atoms with van der Waals surface area (Å²) in [4.78, 5) is 38.3. The predicted molar refractivity (Wildman–Crippen MR) is 75.1 cm³/mol. The molecule has 0 aliphatic carbocycles. The third-order valence-corrected chi connectivity index (χ3v) is 3.12. The first-order valence-corrected chi connectivity index (χ1v) is 6.32. The summed E-state index contributed by atoms with van der Waals surface area (Å²) in [6.45, 7) is 1.49. The number of azo groups is 1. The minimum absolute atomic E-state index is 0.372. The molecule has 1 atom stereocenters. The highest BCUT2D eigenvalue weighted by atomic mass is 19.1. The predicted octanol–water partition coefficient (Wildman–Crippen LogP) is 2.30. The lowest BCUT2D eigenvalue weighted by Gasteiger charge is -2.15. The van der Waals surface area contributed by atoms with Gasteiger partial charge in [-0.3, -0.25) is 14.9 Å². The number of aliphatic imine (C=N–C) groups is 1. The van der Waals surface area contributed by atoms with Gasteiger partial charge in [-0.1, -0.05) is 0 Å². The first-order chi connectivity index (χ1) is 10.8. The Hall–Kier alpha value is -3.04. The molecule has 10 heteroatoms. The van der Waals surface area contributed by atoms with Crippen molar-refractivity contribution in [2.45, 2.75) is 19.0 Å². The van der Waals surface area contributed by atoms with E-state index < -0.39 is 45.0 Å². The van der Waals surface area contributed by atoms with Crippen LogP contribution in [-0.2, 0) is 4.74 Å². The van der Waals surface area contributed by atoms with Crippen molar-refractivity contribution in [2.75, 3.05) is 7.11 Å². The second kappa shape index (κ2) is 5.99. The summed E-state index contributed by atoms with van der Waals surface area (Å²) < 4.78 is 18.0. The van der Waals surface area contributed by atoms with Crippen LogP contribution < -0.4 is 0 Å². The lowest BCUT2D eigenvalue weighted by Crippen LogP contribution is -2.24. The fourth-order valence-corrected chi connectivity index (χ4v) is 2.10. The molecule has 1 aromatic carbocycles. The van der Waals surface area contributed by atoms with Crippen molar-refractivity contribution < 1.29 is 23.6 Å². The van der Waals surface area contributed by atoms with E-state index in [1.807, 2.05) is 0 Å². The van der Waals surface area contributed by atoms with Crippen LogP contribution in [0.5, 0.6) is 0 Å². The largest absolute Gasteiger partial charge is 0.465 e. The number of rotatable bonds is 5. The highest BCUT2D eigenvalue weighted by molar-refractivity contribution is 6.09. The van der Waals surface area contributed by atoms with Crippen LogP contribution in [0.15, 0.2) is 27.4 Å². The number of Topliss-reactive ketones (excluding diaryl/α,β-unsaturated/α-hetero) is 1. The van der Waals surface area contributed by atoms with E-state index in [-0.39, 0.29) is 6.42 Å². The number of hydrogen-bond donors (Lipinski definition) is 0. The van der Waals surface area contributed by atoms with Crippen LogP contribution in [0.25, 0.3) is 0 Å². The molecule has 0 bridgehead atoms. The summed E-state index contributed by atoms with van der Waals surface area (Å²) in [5.74, 6) is -2.88. The lowest BCUT2D eigenvalue weighted by atomic mass is 9.95. The van der Waals surface area contributed by atoms with Crippen LogP contribution in [0.3, 0.4) is 0 Å². The van der Waals surface area contributed by atoms with E-state index in [4.69, 9.17) is 0 Å². The summed E-state index contributed by atoms with van der Waals surface area (Å²) in [7, 11) is 1.02. The standard InChI is InChI=1S/C13H11FN4O5/c1-13(15-6-16-17-13)5-10(19)11-8(12(20)23-2)3-7(14)4-9(11)18(21)22/h3-4,6H,5H2,1-2H3. The third-order valence-electron chi connectivity index (χ3n) is 3.12. The smallest absolute Gasteiger partial charge is 0.338 e. The Morgan fingerprint density at radius 1 is 1.43 bits per heavy atom. The molecule has 9 nitrogen and oxygen atoms in total. The number of hydrogen-bond acceptors (Lipinski definition) is 8. The van der Waals surface area contributed by atoms with Gasteiger partial charge < -0.3 is 4.74 Å². The number of esters is 1. The van der Waals surface area contributed by atoms with Crippen LogP contribution in [0, 0.1) is 15.9 Å². The van der Waals surface area contributed by atoms with Gasteiger partial charge in [-0.25, -0.2) is 14.2 Å². The molecule has 0 amide bonds. The van der Waals surface area contributed by atoms with E-state index in [2.05, 4.69) is 20.0 Å². The monoisotopic (exact) mass is 322 g/mol. The van der Waals surface area contributed by atoms with E-state index in [0.717, 1.165) is 13.4 Å². The SMILES string of the molecule is COC(=O)c1cc(F)cc([N+](=O)[O-])c1C(=O)CC1(C)N=CN=N1. The van der Waals surface area contributed by atoms with Gasteiger partial charge in [-0.05, 0) is 13.0 Å². The van der Waals surface area contributed by atoms with E-state index in [1.165, 1.54) is 6.92 Å². The molecule has 1 heterocycles. The minimum atomic E-state index is -1.22. The van der Waals surface area contributed by atoms with Crippen LogP contribution in [0.2, 0.25) is 0 Å². The van der Waals surface area contributed by atoms with Crippen molar-refractivity contribution >= 4 is 23.8 Å². The van der Waals surface area contributed by atoms with Gasteiger partial charge in [-0.2, -0.15) is 5.11 Å². The Morgan fingerprint density at radius 3 is 2.65 bits per heavy atom. The van der Waals surface area contributed by atoms with Crippen molar-refractivity contribution in [3.8, 4) is 0 Å². The Kier molecular flexibility index (Phi) is 4.25. The lowest BCUT2D eigenvalue weighted by molar-refractivity contribution is -0.385. The quantitative estimate of drug-likeness (QED) is 0.356. The zero-order valence-corrected chi connectivity index (χ0v) is 12.1. The highest BCUT2D eigenvalue weighted by Gasteiger charge is 2.35. The van der Waals surface area contributed by atoms with Crippen molar-refractivity contribution in [1.29, 1.82) is 0 Å². The topological polar surface area (TPSA) is 124 Å². The summed E-state index contributed by atoms with van der Waals surface area (Å²) in [5.41, 5.74) is -3.10. The number of carbonyl (C=O) groups excluding carboxylic acids is 2. The van der Waals surface area contributed by atoms with E-state index >= 15 is 0 Å². The molecule has 0 saturated heterocycles. The number of ketones is 1. The number of carbonyl (C=O) groups is 2. The molecule has 0 N–H and O–H groups in total. The maximum absolute atomic E-state index is 13.5. The molecule has 1 aliphatic heterocycles. The van der Waals surface area contributed by atoms with Gasteiger partial charge in [0, 0.05) is 0 Å². The number of nitrogens with zero attached hydrogens (tertiary/aromatic N) is 4. The number of nitro benzene ring substituents is 1. The Bertz CT molecular complexity index is 747. The average Bonchev–Trinajstić information content (AvgIpc) is 2.91. The van der Waals surface area contributed by atoms with Gasteiger partial charge >= 0.3 is 5.97 Å². The zero-order chi connectivity index (χ0) is 17.2. The maximum atomic E-state index is 13.5. The first kappa shape index (κ1) is 16.3. The number of ether oxygens (including phenoxy) is 1. The molecule has 1 aliphatic rings. The van der Waals surface area contributed by atoms with Gasteiger partial charge in [0.15, 0.2) is 11.4 Å². The van der Waals surface area contributed by atoms with Crippen LogP contribution in [-0.4, -0.2) is 35.8 Å².